The van der Waals surface area contributed by atoms with Crippen LogP contribution in [0.1, 0.15) is 35.7 Å². The van der Waals surface area contributed by atoms with Crippen molar-refractivity contribution in [1.82, 2.24) is 5.32 Å². The Kier molecular flexibility index (Phi) is 4.16. The lowest BCUT2D eigenvalue weighted by atomic mass is 10.00. The van der Waals surface area contributed by atoms with Crippen molar-refractivity contribution in [2.75, 3.05) is 11.9 Å². The van der Waals surface area contributed by atoms with Crippen LogP contribution in [0.2, 0.25) is 0 Å². The molecule has 0 aromatic heterocycles. The van der Waals surface area contributed by atoms with Crippen molar-refractivity contribution < 1.29 is 14.7 Å². The van der Waals surface area contributed by atoms with Gasteiger partial charge in [-0.25, -0.2) is 0 Å². The highest BCUT2D eigenvalue weighted by Crippen LogP contribution is 2.23. The number of carbonyl (C=O) groups excluding carboxylic acids is 2. The van der Waals surface area contributed by atoms with Gasteiger partial charge in [-0.3, -0.25) is 9.59 Å². The number of anilines is 1. The molecule has 0 bridgehead atoms. The molecular weight excluding hydrogens is 244 g/mol. The number of aliphatic hydroxyl groups excluding tert-OH is 1. The van der Waals surface area contributed by atoms with E-state index in [1.54, 1.807) is 19.1 Å². The number of nitrogens with one attached hydrogen (secondary N) is 2. The Morgan fingerprint density at radius 3 is 3.00 bits per heavy atom. The van der Waals surface area contributed by atoms with Gasteiger partial charge in [-0.05, 0) is 43.5 Å². The number of hydrogen-bond acceptors (Lipinski definition) is 3. The maximum atomic E-state index is 11.9. The number of hydrogen-bond donors (Lipinski definition) is 3. The second-order valence-electron chi connectivity index (χ2n) is 4.81. The van der Waals surface area contributed by atoms with Crippen LogP contribution in [-0.2, 0) is 11.2 Å². The maximum absolute atomic E-state index is 11.9. The molecule has 19 heavy (non-hydrogen) atoms. The predicted molar refractivity (Wildman–Crippen MR) is 72.0 cm³/mol. The van der Waals surface area contributed by atoms with Crippen molar-refractivity contribution in [3.8, 4) is 0 Å². The van der Waals surface area contributed by atoms with E-state index in [2.05, 4.69) is 10.6 Å². The highest BCUT2D eigenvalue weighted by molar-refractivity contribution is 5.97. The van der Waals surface area contributed by atoms with E-state index in [9.17, 15) is 9.59 Å². The Hall–Kier alpha value is -1.88. The van der Waals surface area contributed by atoms with E-state index in [4.69, 9.17) is 5.11 Å². The topological polar surface area (TPSA) is 78.4 Å². The quantitative estimate of drug-likeness (QED) is 0.759. The minimum absolute atomic E-state index is 0.0154. The molecule has 2 amide bonds. The van der Waals surface area contributed by atoms with Crippen molar-refractivity contribution in [3.63, 3.8) is 0 Å². The molecule has 1 unspecified atom stereocenters. The van der Waals surface area contributed by atoms with Crippen LogP contribution in [0.5, 0.6) is 0 Å². The normalized spacial score (nSPS) is 15.4. The van der Waals surface area contributed by atoms with Gasteiger partial charge in [0.15, 0.2) is 0 Å². The fourth-order valence-corrected chi connectivity index (χ4v) is 2.02. The van der Waals surface area contributed by atoms with Crippen molar-refractivity contribution in [2.45, 2.75) is 32.3 Å². The van der Waals surface area contributed by atoms with E-state index in [1.807, 2.05) is 6.07 Å². The number of amides is 2. The first-order valence-electron chi connectivity index (χ1n) is 6.45. The van der Waals surface area contributed by atoms with Gasteiger partial charge in [-0.2, -0.15) is 0 Å². The molecule has 2 rings (SSSR count). The average molecular weight is 262 g/mol. The van der Waals surface area contributed by atoms with Gasteiger partial charge in [-0.15, -0.1) is 0 Å². The molecule has 1 aromatic carbocycles. The summed E-state index contributed by atoms with van der Waals surface area (Å²) in [5.74, 6) is -0.137. The number of benzene rings is 1. The summed E-state index contributed by atoms with van der Waals surface area (Å²) in [6.45, 7) is 2.14. The molecule has 3 N–H and O–H groups in total. The van der Waals surface area contributed by atoms with E-state index in [-0.39, 0.29) is 11.8 Å². The van der Waals surface area contributed by atoms with E-state index in [0.29, 0.717) is 31.4 Å². The zero-order valence-electron chi connectivity index (χ0n) is 10.9. The fraction of sp³-hybridized carbons (Fsp3) is 0.429. The first-order chi connectivity index (χ1) is 9.06. The van der Waals surface area contributed by atoms with E-state index >= 15 is 0 Å². The smallest absolute Gasteiger partial charge is 0.251 e. The van der Waals surface area contributed by atoms with E-state index < -0.39 is 6.10 Å². The van der Waals surface area contributed by atoms with E-state index in [0.717, 1.165) is 11.3 Å². The van der Waals surface area contributed by atoms with Gasteiger partial charge in [0.1, 0.15) is 0 Å². The molecule has 0 fully saturated rings. The van der Waals surface area contributed by atoms with Gasteiger partial charge in [0.05, 0.1) is 6.10 Å². The van der Waals surface area contributed by atoms with Crippen LogP contribution in [0.15, 0.2) is 18.2 Å². The molecule has 1 aromatic rings. The summed E-state index contributed by atoms with van der Waals surface area (Å²) in [4.78, 5) is 23.1. The summed E-state index contributed by atoms with van der Waals surface area (Å²) < 4.78 is 0. The second-order valence-corrected chi connectivity index (χ2v) is 4.81. The second kappa shape index (κ2) is 5.84. The van der Waals surface area contributed by atoms with Crippen LogP contribution in [-0.4, -0.2) is 29.6 Å². The van der Waals surface area contributed by atoms with Crippen LogP contribution in [0.4, 0.5) is 5.69 Å². The summed E-state index contributed by atoms with van der Waals surface area (Å²) in [6.07, 6.45) is 1.24. The molecule has 1 aliphatic heterocycles. The predicted octanol–water partition coefficient (Wildman–Crippen LogP) is 1.07. The maximum Gasteiger partial charge on any atom is 0.251 e. The average Bonchev–Trinajstić information content (AvgIpc) is 2.37. The van der Waals surface area contributed by atoms with Crippen LogP contribution in [0, 0.1) is 0 Å². The Balaban J connectivity index is 2.01. The number of fused-ring (bicyclic) bond motifs is 1. The lowest BCUT2D eigenvalue weighted by Crippen LogP contribution is -2.27. The van der Waals surface area contributed by atoms with Crippen molar-refractivity contribution in [3.05, 3.63) is 29.3 Å². The fourth-order valence-electron chi connectivity index (χ4n) is 2.02. The van der Waals surface area contributed by atoms with Gasteiger partial charge in [-0.1, -0.05) is 0 Å². The lowest BCUT2D eigenvalue weighted by Gasteiger charge is -2.17. The molecule has 1 atom stereocenters. The molecule has 102 valence electrons. The molecular formula is C14H18N2O3. The molecule has 0 radical (unpaired) electrons. The third-order valence-electron chi connectivity index (χ3n) is 3.11. The van der Waals surface area contributed by atoms with Crippen LogP contribution >= 0.6 is 0 Å². The van der Waals surface area contributed by atoms with E-state index in [1.165, 1.54) is 0 Å². The lowest BCUT2D eigenvalue weighted by molar-refractivity contribution is -0.116. The summed E-state index contributed by atoms with van der Waals surface area (Å²) in [5.41, 5.74) is 2.36. The van der Waals surface area contributed by atoms with Crippen molar-refractivity contribution in [1.29, 1.82) is 0 Å². The minimum atomic E-state index is -0.418. The van der Waals surface area contributed by atoms with Crippen LogP contribution < -0.4 is 10.6 Å². The van der Waals surface area contributed by atoms with Gasteiger partial charge in [0.25, 0.3) is 5.91 Å². The zero-order valence-corrected chi connectivity index (χ0v) is 10.9. The largest absolute Gasteiger partial charge is 0.393 e. The van der Waals surface area contributed by atoms with Crippen molar-refractivity contribution in [2.24, 2.45) is 0 Å². The zero-order chi connectivity index (χ0) is 13.8. The molecule has 0 saturated carbocycles. The van der Waals surface area contributed by atoms with Crippen LogP contribution in [0.3, 0.4) is 0 Å². The van der Waals surface area contributed by atoms with Gasteiger partial charge in [0, 0.05) is 24.2 Å². The number of aryl methyl sites for hydroxylation is 1. The monoisotopic (exact) mass is 262 g/mol. The van der Waals surface area contributed by atoms with Gasteiger partial charge in [0.2, 0.25) is 5.91 Å². The molecule has 0 aliphatic carbocycles. The highest BCUT2D eigenvalue weighted by Gasteiger charge is 2.16. The summed E-state index contributed by atoms with van der Waals surface area (Å²) in [6, 6.07) is 5.27. The number of carbonyl (C=O) groups is 2. The molecule has 5 nitrogen and oxygen atoms in total. The molecule has 0 spiro atoms. The Morgan fingerprint density at radius 1 is 1.47 bits per heavy atom. The number of aliphatic hydroxyl groups is 1. The summed E-state index contributed by atoms with van der Waals surface area (Å²) >= 11 is 0. The summed E-state index contributed by atoms with van der Waals surface area (Å²) in [5, 5.41) is 14.7. The van der Waals surface area contributed by atoms with Crippen LogP contribution in [0.25, 0.3) is 0 Å². The third-order valence-corrected chi connectivity index (χ3v) is 3.11. The minimum Gasteiger partial charge on any atom is -0.393 e. The van der Waals surface area contributed by atoms with Crippen molar-refractivity contribution >= 4 is 17.5 Å². The molecule has 0 saturated heterocycles. The molecule has 1 heterocycles. The first-order valence-corrected chi connectivity index (χ1v) is 6.45. The Morgan fingerprint density at radius 2 is 2.26 bits per heavy atom. The van der Waals surface area contributed by atoms with Gasteiger partial charge >= 0.3 is 0 Å². The Labute approximate surface area is 112 Å². The molecule has 1 aliphatic rings. The Bertz CT molecular complexity index is 497. The molecule has 5 heteroatoms. The summed E-state index contributed by atoms with van der Waals surface area (Å²) in [7, 11) is 0. The van der Waals surface area contributed by atoms with Gasteiger partial charge < -0.3 is 15.7 Å². The standard InChI is InChI=1S/C14H18N2O3/c1-9(17)6-7-15-14(19)11-2-4-12-10(8-11)3-5-13(18)16-12/h2,4,8-9,17H,3,5-7H2,1H3,(H,15,19)(H,16,18). The third kappa shape index (κ3) is 3.54. The number of rotatable bonds is 4. The highest BCUT2D eigenvalue weighted by atomic mass is 16.3. The SMILES string of the molecule is CC(O)CCNC(=O)c1ccc2c(c1)CCC(=O)N2. The first kappa shape index (κ1) is 13.5.